The molecule has 0 aliphatic carbocycles. The first-order chi connectivity index (χ1) is 15.0. The zero-order chi connectivity index (χ0) is 21.8. The molecule has 0 bridgehead atoms. The van der Waals surface area contributed by atoms with Gasteiger partial charge in [-0.05, 0) is 54.1 Å². The van der Waals surface area contributed by atoms with E-state index in [1.165, 1.54) is 12.1 Å². The number of pyridine rings is 1. The Morgan fingerprint density at radius 1 is 1.10 bits per heavy atom. The lowest BCUT2D eigenvalue weighted by Gasteiger charge is -2.24. The average molecular weight is 437 g/mol. The van der Waals surface area contributed by atoms with E-state index in [0.29, 0.717) is 28.8 Å². The van der Waals surface area contributed by atoms with Crippen molar-refractivity contribution in [3.05, 3.63) is 101 Å². The molecular formula is C22H18ClFN6O. The molecule has 0 unspecified atom stereocenters. The molecular weight excluding hydrogens is 419 g/mol. The van der Waals surface area contributed by atoms with E-state index in [1.807, 2.05) is 24.3 Å². The zero-order valence-electron chi connectivity index (χ0n) is 16.3. The van der Waals surface area contributed by atoms with Crippen molar-refractivity contribution in [1.29, 1.82) is 0 Å². The van der Waals surface area contributed by atoms with Gasteiger partial charge in [0.05, 0.1) is 24.8 Å². The van der Waals surface area contributed by atoms with Crippen LogP contribution in [0.15, 0.2) is 73.1 Å². The summed E-state index contributed by atoms with van der Waals surface area (Å²) in [5.74, 6) is -0.621. The Kier molecular flexibility index (Phi) is 5.90. The molecule has 31 heavy (non-hydrogen) atoms. The maximum Gasteiger partial charge on any atom is 0.252 e. The molecule has 0 saturated carbocycles. The number of aromatic nitrogens is 4. The number of primary amides is 1. The van der Waals surface area contributed by atoms with Crippen molar-refractivity contribution < 1.29 is 9.18 Å². The Balaban J connectivity index is 1.64. The molecule has 0 radical (unpaired) electrons. The van der Waals surface area contributed by atoms with E-state index in [4.69, 9.17) is 17.3 Å². The quantitative estimate of drug-likeness (QED) is 0.473. The van der Waals surface area contributed by atoms with Crippen LogP contribution in [0.2, 0.25) is 5.02 Å². The molecule has 156 valence electrons. The SMILES string of the molecule is NC(=O)c1cccnc1N(Cc1cn(Cc2ccc(Cl)cc2)nn1)c1ccc(F)cc1. The Morgan fingerprint density at radius 2 is 1.84 bits per heavy atom. The van der Waals surface area contributed by atoms with Crippen molar-refractivity contribution in [3.8, 4) is 0 Å². The normalized spacial score (nSPS) is 10.8. The largest absolute Gasteiger partial charge is 0.365 e. The number of carbonyl (C=O) groups is 1. The maximum absolute atomic E-state index is 13.5. The molecule has 2 N–H and O–H groups in total. The van der Waals surface area contributed by atoms with Crippen LogP contribution in [0.3, 0.4) is 0 Å². The number of hydrogen-bond donors (Lipinski definition) is 1. The Morgan fingerprint density at radius 3 is 2.55 bits per heavy atom. The first-order valence-corrected chi connectivity index (χ1v) is 9.79. The van der Waals surface area contributed by atoms with Crippen molar-refractivity contribution >= 4 is 29.0 Å². The lowest BCUT2D eigenvalue weighted by molar-refractivity contribution is 0.100. The molecule has 0 fully saturated rings. The summed E-state index contributed by atoms with van der Waals surface area (Å²) in [7, 11) is 0. The van der Waals surface area contributed by atoms with E-state index in [-0.39, 0.29) is 17.9 Å². The first kappa shape index (κ1) is 20.5. The van der Waals surface area contributed by atoms with Crippen LogP contribution in [0.4, 0.5) is 15.9 Å². The molecule has 0 aliphatic heterocycles. The van der Waals surface area contributed by atoms with Crippen LogP contribution >= 0.6 is 11.6 Å². The van der Waals surface area contributed by atoms with Gasteiger partial charge in [0.1, 0.15) is 17.3 Å². The molecule has 0 atom stereocenters. The summed E-state index contributed by atoms with van der Waals surface area (Å²) in [5, 5.41) is 9.09. The topological polar surface area (TPSA) is 89.9 Å². The van der Waals surface area contributed by atoms with Gasteiger partial charge in [-0.2, -0.15) is 0 Å². The van der Waals surface area contributed by atoms with Crippen LogP contribution in [0.5, 0.6) is 0 Å². The number of hydrogen-bond acceptors (Lipinski definition) is 5. The van der Waals surface area contributed by atoms with Crippen molar-refractivity contribution in [2.75, 3.05) is 4.90 Å². The summed E-state index contributed by atoms with van der Waals surface area (Å²) < 4.78 is 15.2. The number of rotatable bonds is 7. The average Bonchev–Trinajstić information content (AvgIpc) is 3.21. The Labute approximate surface area is 182 Å². The molecule has 2 heterocycles. The minimum atomic E-state index is -0.610. The number of carbonyl (C=O) groups excluding carboxylic acids is 1. The third kappa shape index (κ3) is 4.87. The van der Waals surface area contributed by atoms with E-state index >= 15 is 0 Å². The number of amides is 1. The summed E-state index contributed by atoms with van der Waals surface area (Å²) in [5.41, 5.74) is 8.09. The Bertz CT molecular complexity index is 1190. The van der Waals surface area contributed by atoms with Gasteiger partial charge < -0.3 is 10.6 Å². The van der Waals surface area contributed by atoms with E-state index < -0.39 is 5.91 Å². The third-order valence-corrected chi connectivity index (χ3v) is 4.86. The predicted molar refractivity (Wildman–Crippen MR) is 116 cm³/mol. The van der Waals surface area contributed by atoms with Crippen LogP contribution in [-0.4, -0.2) is 25.9 Å². The van der Waals surface area contributed by atoms with Gasteiger partial charge in [0.2, 0.25) is 0 Å². The monoisotopic (exact) mass is 436 g/mol. The number of anilines is 2. The highest BCUT2D eigenvalue weighted by atomic mass is 35.5. The fourth-order valence-corrected chi connectivity index (χ4v) is 3.27. The second kappa shape index (κ2) is 8.93. The van der Waals surface area contributed by atoms with Gasteiger partial charge in [0.25, 0.3) is 5.91 Å². The van der Waals surface area contributed by atoms with Gasteiger partial charge in [-0.1, -0.05) is 28.9 Å². The van der Waals surface area contributed by atoms with Crippen LogP contribution in [0.25, 0.3) is 0 Å². The third-order valence-electron chi connectivity index (χ3n) is 4.61. The van der Waals surface area contributed by atoms with Crippen molar-refractivity contribution in [2.45, 2.75) is 13.1 Å². The van der Waals surface area contributed by atoms with Crippen molar-refractivity contribution in [3.63, 3.8) is 0 Å². The molecule has 7 nitrogen and oxygen atoms in total. The lowest BCUT2D eigenvalue weighted by atomic mass is 10.2. The summed E-state index contributed by atoms with van der Waals surface area (Å²) in [6.07, 6.45) is 3.37. The fraction of sp³-hybridized carbons (Fsp3) is 0.0909. The number of halogens is 2. The molecule has 2 aromatic heterocycles. The fourth-order valence-electron chi connectivity index (χ4n) is 3.14. The summed E-state index contributed by atoms with van der Waals surface area (Å²) >= 11 is 5.93. The highest BCUT2D eigenvalue weighted by molar-refractivity contribution is 6.30. The molecule has 4 rings (SSSR count). The van der Waals surface area contributed by atoms with E-state index in [9.17, 15) is 9.18 Å². The lowest BCUT2D eigenvalue weighted by Crippen LogP contribution is -2.23. The second-order valence-electron chi connectivity index (χ2n) is 6.84. The molecule has 9 heteroatoms. The highest BCUT2D eigenvalue weighted by Crippen LogP contribution is 2.28. The van der Waals surface area contributed by atoms with Crippen molar-refractivity contribution in [2.24, 2.45) is 5.73 Å². The standard InChI is InChI=1S/C22H18ClFN6O/c23-16-5-3-15(4-6-16)12-29-13-18(27-28-29)14-30(19-9-7-17(24)8-10-19)22-20(21(25)31)2-1-11-26-22/h1-11,13H,12,14H2,(H2,25,31). The van der Waals surface area contributed by atoms with E-state index in [2.05, 4.69) is 15.3 Å². The summed E-state index contributed by atoms with van der Waals surface area (Å²) in [4.78, 5) is 18.0. The number of benzene rings is 2. The number of nitrogens with two attached hydrogens (primary N) is 1. The van der Waals surface area contributed by atoms with Crippen LogP contribution < -0.4 is 10.6 Å². The second-order valence-corrected chi connectivity index (χ2v) is 7.27. The molecule has 2 aromatic carbocycles. The highest BCUT2D eigenvalue weighted by Gasteiger charge is 2.19. The first-order valence-electron chi connectivity index (χ1n) is 9.41. The van der Waals surface area contributed by atoms with Gasteiger partial charge in [0.15, 0.2) is 0 Å². The summed E-state index contributed by atoms with van der Waals surface area (Å²) in [6.45, 7) is 0.778. The minimum Gasteiger partial charge on any atom is -0.365 e. The number of nitrogens with zero attached hydrogens (tertiary/aromatic N) is 5. The maximum atomic E-state index is 13.5. The van der Waals surface area contributed by atoms with Gasteiger partial charge in [0, 0.05) is 16.9 Å². The minimum absolute atomic E-state index is 0.250. The van der Waals surface area contributed by atoms with Crippen LogP contribution in [-0.2, 0) is 13.1 Å². The van der Waals surface area contributed by atoms with E-state index in [1.54, 1.807) is 46.2 Å². The van der Waals surface area contributed by atoms with Gasteiger partial charge in [-0.15, -0.1) is 5.10 Å². The summed E-state index contributed by atoms with van der Waals surface area (Å²) in [6, 6.07) is 16.6. The van der Waals surface area contributed by atoms with Gasteiger partial charge >= 0.3 is 0 Å². The van der Waals surface area contributed by atoms with Gasteiger partial charge in [-0.25, -0.2) is 14.1 Å². The molecule has 0 spiro atoms. The van der Waals surface area contributed by atoms with Crippen LogP contribution in [0.1, 0.15) is 21.6 Å². The molecule has 1 amide bonds. The molecule has 0 aliphatic rings. The van der Waals surface area contributed by atoms with Crippen LogP contribution in [0, 0.1) is 5.82 Å². The van der Waals surface area contributed by atoms with Crippen molar-refractivity contribution in [1.82, 2.24) is 20.0 Å². The molecule has 4 aromatic rings. The van der Waals surface area contributed by atoms with Gasteiger partial charge in [-0.3, -0.25) is 4.79 Å². The predicted octanol–water partition coefficient (Wildman–Crippen LogP) is 3.95. The Hall–Kier alpha value is -3.78. The zero-order valence-corrected chi connectivity index (χ0v) is 17.1. The van der Waals surface area contributed by atoms with E-state index in [0.717, 1.165) is 5.56 Å². The molecule has 0 saturated heterocycles. The smallest absolute Gasteiger partial charge is 0.252 e.